The van der Waals surface area contributed by atoms with E-state index in [4.69, 9.17) is 0 Å². The van der Waals surface area contributed by atoms with Gasteiger partial charge in [-0.15, -0.1) is 0 Å². The highest BCUT2D eigenvalue weighted by Crippen LogP contribution is 2.50. The molecule has 3 heteroatoms. The van der Waals surface area contributed by atoms with E-state index in [0.29, 0.717) is 0 Å². The van der Waals surface area contributed by atoms with Gasteiger partial charge in [0.05, 0.1) is 5.69 Å². The van der Waals surface area contributed by atoms with Gasteiger partial charge in [-0.2, -0.15) is 0 Å². The fourth-order valence-electron chi connectivity index (χ4n) is 10.0. The van der Waals surface area contributed by atoms with Crippen LogP contribution < -0.4 is 26.2 Å². The number of benzene rings is 10. The first-order chi connectivity index (χ1) is 31.3. The molecule has 10 aromatic carbocycles. The number of rotatable bonds is 7. The summed E-state index contributed by atoms with van der Waals surface area (Å²) in [6.45, 7) is -0.0640. The Kier molecular flexibility index (Phi) is 8.97. The molecule has 0 saturated heterocycles. The van der Waals surface area contributed by atoms with Gasteiger partial charge < -0.3 is 9.80 Å². The van der Waals surface area contributed by atoms with Crippen LogP contribution in [0.4, 0.5) is 34.1 Å². The highest BCUT2D eigenvalue weighted by molar-refractivity contribution is 7.00. The maximum Gasteiger partial charge on any atom is 0.252 e. The van der Waals surface area contributed by atoms with Gasteiger partial charge in [0.2, 0.25) is 0 Å². The molecule has 2 aliphatic rings. The summed E-state index contributed by atoms with van der Waals surface area (Å²) >= 11 is 0. The van der Waals surface area contributed by atoms with E-state index in [0.717, 1.165) is 11.4 Å². The van der Waals surface area contributed by atoms with E-state index in [2.05, 4.69) is 259 Å². The van der Waals surface area contributed by atoms with Gasteiger partial charge in [-0.3, -0.25) is 0 Å². The normalized spacial score (nSPS) is 12.3. The summed E-state index contributed by atoms with van der Waals surface area (Å²) in [5, 5.41) is 0. The van der Waals surface area contributed by atoms with Gasteiger partial charge in [0.1, 0.15) is 0 Å². The minimum absolute atomic E-state index is 0.0640. The highest BCUT2D eigenvalue weighted by Gasteiger charge is 2.45. The summed E-state index contributed by atoms with van der Waals surface area (Å²) in [4.78, 5) is 5.12. The molecule has 0 saturated carbocycles. The van der Waals surface area contributed by atoms with Crippen LogP contribution in [0.3, 0.4) is 0 Å². The molecular weight excluding hydrogens is 759 g/mol. The summed E-state index contributed by atoms with van der Waals surface area (Å²) in [5.74, 6) is 0. The minimum atomic E-state index is -0.0640. The Morgan fingerprint density at radius 1 is 0.254 bits per heavy atom. The van der Waals surface area contributed by atoms with E-state index < -0.39 is 0 Å². The molecule has 0 atom stereocenters. The number of fused-ring (bicyclic) bond motifs is 4. The number of hydrogen-bond acceptors (Lipinski definition) is 2. The lowest BCUT2D eigenvalue weighted by molar-refractivity contribution is 1.25. The molecule has 0 spiro atoms. The average Bonchev–Trinajstić information content (AvgIpc) is 3.37. The molecule has 0 N–H and O–H groups in total. The average molecular weight is 801 g/mol. The third-order valence-corrected chi connectivity index (χ3v) is 12.8. The van der Waals surface area contributed by atoms with Crippen molar-refractivity contribution in [3.63, 3.8) is 0 Å². The summed E-state index contributed by atoms with van der Waals surface area (Å²) < 4.78 is 0. The molecule has 0 aliphatic carbocycles. The van der Waals surface area contributed by atoms with Crippen molar-refractivity contribution in [3.05, 3.63) is 249 Å². The molecule has 2 heterocycles. The van der Waals surface area contributed by atoms with Crippen molar-refractivity contribution in [1.29, 1.82) is 0 Å². The Balaban J connectivity index is 1.22. The van der Waals surface area contributed by atoms with Gasteiger partial charge in [-0.25, -0.2) is 0 Å². The van der Waals surface area contributed by atoms with Crippen molar-refractivity contribution in [2.45, 2.75) is 0 Å². The van der Waals surface area contributed by atoms with Crippen molar-refractivity contribution in [2.75, 3.05) is 9.80 Å². The maximum absolute atomic E-state index is 2.59. The molecular formula is C60H41BN2. The van der Waals surface area contributed by atoms with Crippen molar-refractivity contribution < 1.29 is 0 Å². The predicted octanol–water partition coefficient (Wildman–Crippen LogP) is 14.1. The van der Waals surface area contributed by atoms with Crippen LogP contribution in [-0.4, -0.2) is 6.71 Å². The quantitative estimate of drug-likeness (QED) is 0.148. The number of anilines is 6. The van der Waals surface area contributed by atoms with Crippen LogP contribution in [0, 0.1) is 0 Å². The van der Waals surface area contributed by atoms with E-state index in [9.17, 15) is 0 Å². The van der Waals surface area contributed by atoms with E-state index >= 15 is 0 Å². The molecule has 0 aromatic heterocycles. The Bertz CT molecular complexity index is 3280. The second kappa shape index (κ2) is 15.4. The monoisotopic (exact) mass is 800 g/mol. The maximum atomic E-state index is 2.59. The third-order valence-electron chi connectivity index (χ3n) is 12.8. The van der Waals surface area contributed by atoms with Gasteiger partial charge in [0, 0.05) is 39.6 Å². The van der Waals surface area contributed by atoms with Crippen molar-refractivity contribution in [1.82, 2.24) is 0 Å². The molecule has 2 aliphatic heterocycles. The summed E-state index contributed by atoms with van der Waals surface area (Å²) in [5.41, 5.74) is 22.7. The van der Waals surface area contributed by atoms with Gasteiger partial charge in [-0.05, 0) is 97.3 Å². The standard InChI is InChI=1S/C60H41BN2/c1-6-20-42(21-7-1)47-30-18-31-50(38-47)62-56-37-36-48(43-22-8-2-9-23-43)39-54(56)61-53-34-19-33-52(46-28-14-5-15-29-46)60(53)63(55-35-17-16-32-51(55)45-26-12-4-13-27-45)58-41-49(40-57(62)59(58)61)44-24-10-3-11-25-44/h1-41H. The van der Waals surface area contributed by atoms with E-state index in [-0.39, 0.29) is 6.71 Å². The van der Waals surface area contributed by atoms with Crippen LogP contribution in [-0.2, 0) is 0 Å². The molecule has 0 fully saturated rings. The first-order valence-electron chi connectivity index (χ1n) is 21.8. The Morgan fingerprint density at radius 3 is 1.37 bits per heavy atom. The summed E-state index contributed by atoms with van der Waals surface area (Å²) in [6, 6.07) is 91.2. The number of para-hydroxylation sites is 2. The van der Waals surface area contributed by atoms with Crippen molar-refractivity contribution >= 4 is 57.2 Å². The second-order valence-corrected chi connectivity index (χ2v) is 16.4. The second-order valence-electron chi connectivity index (χ2n) is 16.4. The predicted molar refractivity (Wildman–Crippen MR) is 268 cm³/mol. The fourth-order valence-corrected chi connectivity index (χ4v) is 10.0. The van der Waals surface area contributed by atoms with E-state index in [1.807, 2.05) is 0 Å². The lowest BCUT2D eigenvalue weighted by Gasteiger charge is -2.45. The van der Waals surface area contributed by atoms with Crippen LogP contribution in [0.1, 0.15) is 0 Å². The Morgan fingerprint density at radius 2 is 0.730 bits per heavy atom. The smallest absolute Gasteiger partial charge is 0.252 e. The number of hydrogen-bond donors (Lipinski definition) is 0. The minimum Gasteiger partial charge on any atom is -0.311 e. The Hall–Kier alpha value is -8.14. The molecule has 0 amide bonds. The van der Waals surface area contributed by atoms with Crippen molar-refractivity contribution in [3.8, 4) is 55.6 Å². The molecule has 294 valence electrons. The van der Waals surface area contributed by atoms with Gasteiger partial charge in [0.25, 0.3) is 6.71 Å². The summed E-state index contributed by atoms with van der Waals surface area (Å²) in [7, 11) is 0. The van der Waals surface area contributed by atoms with E-state index in [1.165, 1.54) is 94.8 Å². The van der Waals surface area contributed by atoms with E-state index in [1.54, 1.807) is 0 Å². The third kappa shape index (κ3) is 6.28. The van der Waals surface area contributed by atoms with Gasteiger partial charge in [-0.1, -0.05) is 212 Å². The van der Waals surface area contributed by atoms with Crippen LogP contribution in [0.25, 0.3) is 55.6 Å². The zero-order chi connectivity index (χ0) is 41.7. The SMILES string of the molecule is c1ccc(-c2cccc(N3c4ccc(-c5ccccc5)cc4B4c5cccc(-c6ccccc6)c5N(c5ccccc5-c5ccccc5)c5cc(-c6ccccc6)cc3c54)c2)cc1. The van der Waals surface area contributed by atoms with Crippen molar-refractivity contribution in [2.24, 2.45) is 0 Å². The zero-order valence-corrected chi connectivity index (χ0v) is 34.6. The first kappa shape index (κ1) is 36.7. The molecule has 2 nitrogen and oxygen atoms in total. The van der Waals surface area contributed by atoms with Crippen LogP contribution in [0.15, 0.2) is 249 Å². The number of nitrogens with zero attached hydrogens (tertiary/aromatic N) is 2. The molecule has 12 rings (SSSR count). The van der Waals surface area contributed by atoms with Gasteiger partial charge >= 0.3 is 0 Å². The van der Waals surface area contributed by atoms with Gasteiger partial charge in [0.15, 0.2) is 0 Å². The van der Waals surface area contributed by atoms with Crippen LogP contribution >= 0.6 is 0 Å². The first-order valence-corrected chi connectivity index (χ1v) is 21.8. The zero-order valence-electron chi connectivity index (χ0n) is 34.6. The summed E-state index contributed by atoms with van der Waals surface area (Å²) in [6.07, 6.45) is 0. The molecule has 0 unspecified atom stereocenters. The lowest BCUT2D eigenvalue weighted by Crippen LogP contribution is -2.61. The molecule has 10 aromatic rings. The fraction of sp³-hybridized carbons (Fsp3) is 0. The highest BCUT2D eigenvalue weighted by atomic mass is 15.2. The molecule has 63 heavy (non-hydrogen) atoms. The largest absolute Gasteiger partial charge is 0.311 e. The van der Waals surface area contributed by atoms with Crippen LogP contribution in [0.5, 0.6) is 0 Å². The Labute approximate surface area is 369 Å². The van der Waals surface area contributed by atoms with Crippen LogP contribution in [0.2, 0.25) is 0 Å². The molecule has 0 bridgehead atoms. The molecule has 0 radical (unpaired) electrons. The lowest BCUT2D eigenvalue weighted by atomic mass is 9.33. The topological polar surface area (TPSA) is 6.48 Å².